The summed E-state index contributed by atoms with van der Waals surface area (Å²) >= 11 is 1.19. The van der Waals surface area contributed by atoms with Gasteiger partial charge in [0.25, 0.3) is 11.5 Å². The zero-order valence-corrected chi connectivity index (χ0v) is 19.9. The summed E-state index contributed by atoms with van der Waals surface area (Å²) in [5, 5.41) is 5.17. The minimum atomic E-state index is -0.295. The Morgan fingerprint density at radius 2 is 1.76 bits per heavy atom. The van der Waals surface area contributed by atoms with Crippen molar-refractivity contribution in [2.75, 3.05) is 12.9 Å². The summed E-state index contributed by atoms with van der Waals surface area (Å²) in [6.45, 7) is 3.75. The number of amides is 1. The Morgan fingerprint density at radius 1 is 1.06 bits per heavy atom. The number of ether oxygens (including phenoxy) is 1. The van der Waals surface area contributed by atoms with Gasteiger partial charge in [0.05, 0.1) is 35.2 Å². The number of hydrazone groups is 1. The van der Waals surface area contributed by atoms with E-state index in [1.165, 1.54) is 11.8 Å². The van der Waals surface area contributed by atoms with Crippen LogP contribution in [0.15, 0.2) is 87.8 Å². The van der Waals surface area contributed by atoms with E-state index in [4.69, 9.17) is 4.74 Å². The van der Waals surface area contributed by atoms with E-state index < -0.39 is 0 Å². The SMILES string of the molecule is COc1ccc(C(C)=NNC(=O)CSc2nc3ccccc3c(=O)n2-c2ccccc2C)cc1. The lowest BCUT2D eigenvalue weighted by Crippen LogP contribution is -2.25. The molecule has 0 atom stereocenters. The van der Waals surface area contributed by atoms with Crippen LogP contribution in [0.5, 0.6) is 5.75 Å². The molecule has 0 saturated heterocycles. The molecule has 34 heavy (non-hydrogen) atoms. The number of hydrogen-bond acceptors (Lipinski definition) is 6. The number of para-hydroxylation sites is 2. The highest BCUT2D eigenvalue weighted by Crippen LogP contribution is 2.23. The molecule has 0 unspecified atom stereocenters. The predicted molar refractivity (Wildman–Crippen MR) is 136 cm³/mol. The van der Waals surface area contributed by atoms with Crippen molar-refractivity contribution in [1.29, 1.82) is 0 Å². The third-order valence-electron chi connectivity index (χ3n) is 5.29. The Balaban J connectivity index is 1.57. The first-order chi connectivity index (χ1) is 16.5. The first kappa shape index (κ1) is 23.3. The van der Waals surface area contributed by atoms with E-state index in [-0.39, 0.29) is 17.2 Å². The van der Waals surface area contributed by atoms with E-state index in [2.05, 4.69) is 15.5 Å². The molecule has 4 rings (SSSR count). The van der Waals surface area contributed by atoms with Crippen LogP contribution in [0.2, 0.25) is 0 Å². The van der Waals surface area contributed by atoms with Crippen LogP contribution in [0.25, 0.3) is 16.6 Å². The lowest BCUT2D eigenvalue weighted by Gasteiger charge is -2.14. The van der Waals surface area contributed by atoms with Gasteiger partial charge in [-0.05, 0) is 67.4 Å². The van der Waals surface area contributed by atoms with Crippen molar-refractivity contribution < 1.29 is 9.53 Å². The second-order valence-corrected chi connectivity index (χ2v) is 8.53. The van der Waals surface area contributed by atoms with Gasteiger partial charge in [-0.25, -0.2) is 10.4 Å². The van der Waals surface area contributed by atoms with Crippen LogP contribution < -0.4 is 15.7 Å². The van der Waals surface area contributed by atoms with Gasteiger partial charge in [0.15, 0.2) is 5.16 Å². The largest absolute Gasteiger partial charge is 0.497 e. The second kappa shape index (κ2) is 10.4. The molecule has 1 N–H and O–H groups in total. The summed E-state index contributed by atoms with van der Waals surface area (Å²) in [6.07, 6.45) is 0. The van der Waals surface area contributed by atoms with Gasteiger partial charge >= 0.3 is 0 Å². The Labute approximate surface area is 201 Å². The summed E-state index contributed by atoms with van der Waals surface area (Å²) < 4.78 is 6.73. The Morgan fingerprint density at radius 3 is 2.50 bits per heavy atom. The standard InChI is InChI=1S/C26H24N4O3S/c1-17-8-4-7-11-23(17)30-25(32)21-9-5-6-10-22(21)27-26(30)34-16-24(31)29-28-18(2)19-12-14-20(33-3)15-13-19/h4-15H,16H2,1-3H3,(H,29,31). The molecule has 0 aliphatic rings. The highest BCUT2D eigenvalue weighted by Gasteiger charge is 2.16. The Kier molecular flexibility index (Phi) is 7.08. The molecule has 1 amide bonds. The predicted octanol–water partition coefficient (Wildman–Crippen LogP) is 4.34. The molecular formula is C26H24N4O3S. The maximum absolute atomic E-state index is 13.3. The first-order valence-electron chi connectivity index (χ1n) is 10.7. The smallest absolute Gasteiger partial charge is 0.266 e. The Hall–Kier alpha value is -3.91. The number of methoxy groups -OCH3 is 1. The zero-order valence-electron chi connectivity index (χ0n) is 19.1. The number of carbonyl (C=O) groups is 1. The molecule has 0 spiro atoms. The molecule has 0 bridgehead atoms. The monoisotopic (exact) mass is 472 g/mol. The van der Waals surface area contributed by atoms with Gasteiger partial charge in [0.2, 0.25) is 0 Å². The highest BCUT2D eigenvalue weighted by atomic mass is 32.2. The van der Waals surface area contributed by atoms with Crippen LogP contribution >= 0.6 is 11.8 Å². The number of benzene rings is 3. The molecule has 1 aromatic heterocycles. The lowest BCUT2D eigenvalue weighted by molar-refractivity contribution is -0.118. The van der Waals surface area contributed by atoms with E-state index >= 15 is 0 Å². The third-order valence-corrected chi connectivity index (χ3v) is 6.23. The number of aryl methyl sites for hydroxylation is 1. The number of rotatable bonds is 7. The third kappa shape index (κ3) is 5.02. The van der Waals surface area contributed by atoms with Crippen molar-refractivity contribution in [2.24, 2.45) is 5.10 Å². The quantitative estimate of drug-likeness (QED) is 0.187. The maximum atomic E-state index is 13.3. The fourth-order valence-corrected chi connectivity index (χ4v) is 4.24. The summed E-state index contributed by atoms with van der Waals surface area (Å²) in [5.41, 5.74) is 6.22. The Bertz CT molecular complexity index is 1430. The number of thioether (sulfide) groups is 1. The summed E-state index contributed by atoms with van der Waals surface area (Å²) in [4.78, 5) is 30.6. The fourth-order valence-electron chi connectivity index (χ4n) is 3.44. The van der Waals surface area contributed by atoms with Gasteiger partial charge < -0.3 is 4.74 Å². The van der Waals surface area contributed by atoms with Crippen LogP contribution in [0.4, 0.5) is 0 Å². The molecule has 1 heterocycles. The zero-order chi connectivity index (χ0) is 24.1. The molecule has 7 nitrogen and oxygen atoms in total. The second-order valence-electron chi connectivity index (χ2n) is 7.59. The van der Waals surface area contributed by atoms with Gasteiger partial charge in [0, 0.05) is 0 Å². The summed E-state index contributed by atoms with van der Waals surface area (Å²) in [5.74, 6) is 0.506. The van der Waals surface area contributed by atoms with E-state index in [1.54, 1.807) is 23.8 Å². The lowest BCUT2D eigenvalue weighted by atomic mass is 10.1. The molecule has 0 radical (unpaired) electrons. The minimum absolute atomic E-state index is 0.0516. The molecule has 3 aromatic carbocycles. The van der Waals surface area contributed by atoms with E-state index in [9.17, 15) is 9.59 Å². The molecule has 0 saturated carbocycles. The van der Waals surface area contributed by atoms with Crippen molar-refractivity contribution in [3.05, 3.63) is 94.3 Å². The number of carbonyl (C=O) groups excluding carboxylic acids is 1. The number of fused-ring (bicyclic) bond motifs is 1. The average Bonchev–Trinajstić information content (AvgIpc) is 2.87. The van der Waals surface area contributed by atoms with Crippen molar-refractivity contribution in [3.8, 4) is 11.4 Å². The molecule has 8 heteroatoms. The normalized spacial score (nSPS) is 11.4. The number of aromatic nitrogens is 2. The van der Waals surface area contributed by atoms with Gasteiger partial charge in [0.1, 0.15) is 5.75 Å². The van der Waals surface area contributed by atoms with E-state index in [1.807, 2.05) is 74.5 Å². The van der Waals surface area contributed by atoms with Gasteiger partial charge in [-0.15, -0.1) is 0 Å². The first-order valence-corrected chi connectivity index (χ1v) is 11.6. The molecule has 4 aromatic rings. The summed E-state index contributed by atoms with van der Waals surface area (Å²) in [7, 11) is 1.61. The van der Waals surface area contributed by atoms with Crippen molar-refractivity contribution in [1.82, 2.24) is 15.0 Å². The van der Waals surface area contributed by atoms with Crippen molar-refractivity contribution in [2.45, 2.75) is 19.0 Å². The number of nitrogens with one attached hydrogen (secondary N) is 1. The number of hydrogen-bond donors (Lipinski definition) is 1. The highest BCUT2D eigenvalue weighted by molar-refractivity contribution is 7.99. The van der Waals surface area contributed by atoms with Gasteiger partial charge in [-0.3, -0.25) is 14.2 Å². The molecule has 172 valence electrons. The average molecular weight is 473 g/mol. The maximum Gasteiger partial charge on any atom is 0.266 e. The van der Waals surface area contributed by atoms with Crippen LogP contribution in [0.1, 0.15) is 18.1 Å². The van der Waals surface area contributed by atoms with Crippen LogP contribution in [0.3, 0.4) is 0 Å². The van der Waals surface area contributed by atoms with E-state index in [0.717, 1.165) is 22.6 Å². The molecule has 0 aliphatic carbocycles. The van der Waals surface area contributed by atoms with Crippen molar-refractivity contribution >= 4 is 34.3 Å². The van der Waals surface area contributed by atoms with Crippen LogP contribution in [-0.4, -0.2) is 34.0 Å². The summed E-state index contributed by atoms with van der Waals surface area (Å²) in [6, 6.07) is 22.2. The van der Waals surface area contributed by atoms with Crippen molar-refractivity contribution in [3.63, 3.8) is 0 Å². The van der Waals surface area contributed by atoms with Gasteiger partial charge in [-0.1, -0.05) is 42.1 Å². The fraction of sp³-hybridized carbons (Fsp3) is 0.154. The van der Waals surface area contributed by atoms with E-state index in [0.29, 0.717) is 21.8 Å². The minimum Gasteiger partial charge on any atom is -0.497 e. The number of nitrogens with zero attached hydrogens (tertiary/aromatic N) is 3. The molecular weight excluding hydrogens is 448 g/mol. The van der Waals surface area contributed by atoms with Crippen LogP contribution in [-0.2, 0) is 4.79 Å². The van der Waals surface area contributed by atoms with Crippen LogP contribution in [0, 0.1) is 6.92 Å². The molecule has 0 aliphatic heterocycles. The van der Waals surface area contributed by atoms with Gasteiger partial charge in [-0.2, -0.15) is 5.10 Å². The topological polar surface area (TPSA) is 85.6 Å². The molecule has 0 fully saturated rings.